The van der Waals surface area contributed by atoms with Crippen LogP contribution in [0.25, 0.3) is 0 Å². The summed E-state index contributed by atoms with van der Waals surface area (Å²) in [5, 5.41) is 8.55. The van der Waals surface area contributed by atoms with Gasteiger partial charge in [0.15, 0.2) is 0 Å². The normalized spacial score (nSPS) is 17.2. The Hall–Kier alpha value is -1.71. The highest BCUT2D eigenvalue weighted by molar-refractivity contribution is 7.89. The number of hydrogen-bond donors (Lipinski definition) is 0. The van der Waals surface area contributed by atoms with Crippen molar-refractivity contribution in [2.75, 3.05) is 26.2 Å². The molecule has 0 bridgehead atoms. The van der Waals surface area contributed by atoms with E-state index in [0.29, 0.717) is 19.6 Å². The molecule has 25 heavy (non-hydrogen) atoms. The Bertz CT molecular complexity index is 818. The smallest absolute Gasteiger partial charge is 0.246 e. The summed E-state index contributed by atoms with van der Waals surface area (Å²) in [5.74, 6) is 0. The van der Waals surface area contributed by atoms with Crippen molar-refractivity contribution in [3.8, 4) is 0 Å². The number of rotatable bonds is 6. The Balaban J connectivity index is 1.62. The van der Waals surface area contributed by atoms with E-state index in [1.807, 2.05) is 18.5 Å². The first-order valence-electron chi connectivity index (χ1n) is 8.72. The van der Waals surface area contributed by atoms with E-state index >= 15 is 0 Å². The fourth-order valence-corrected chi connectivity index (χ4v) is 4.42. The molecule has 138 valence electrons. The molecule has 0 aliphatic carbocycles. The average Bonchev–Trinajstić information content (AvgIpc) is 3.23. The Morgan fingerprint density at radius 1 is 1.04 bits per heavy atom. The second-order valence-corrected chi connectivity index (χ2v) is 8.25. The number of aryl methyl sites for hydroxylation is 3. The highest BCUT2D eigenvalue weighted by Crippen LogP contribution is 2.18. The quantitative estimate of drug-likeness (QED) is 0.760. The molecule has 3 heterocycles. The molecule has 2 aromatic heterocycles. The predicted octanol–water partition coefficient (Wildman–Crippen LogP) is 0.934. The average molecular weight is 366 g/mol. The molecule has 2 aromatic rings. The van der Waals surface area contributed by atoms with Crippen LogP contribution in [0.2, 0.25) is 0 Å². The monoisotopic (exact) mass is 366 g/mol. The standard InChI is InChI=1S/C16H26N6O2S/c1-4-20-13-16(10-17-20)25(23,24)22-8-6-19(7-9-22)11-15-12-21(5-2)18-14(15)3/h10,12-13H,4-9,11H2,1-3H3. The lowest BCUT2D eigenvalue weighted by Gasteiger charge is -2.33. The van der Waals surface area contributed by atoms with Crippen LogP contribution in [0.5, 0.6) is 0 Å². The van der Waals surface area contributed by atoms with Crippen LogP contribution < -0.4 is 0 Å². The van der Waals surface area contributed by atoms with Gasteiger partial charge in [-0.2, -0.15) is 14.5 Å². The molecule has 0 saturated carbocycles. The topological polar surface area (TPSA) is 76.3 Å². The van der Waals surface area contributed by atoms with E-state index in [0.717, 1.165) is 31.9 Å². The third-order valence-electron chi connectivity index (χ3n) is 4.67. The zero-order valence-electron chi connectivity index (χ0n) is 15.1. The molecule has 0 N–H and O–H groups in total. The molecule has 8 nitrogen and oxygen atoms in total. The molecular formula is C16H26N6O2S. The van der Waals surface area contributed by atoms with Gasteiger partial charge in [0.1, 0.15) is 4.90 Å². The summed E-state index contributed by atoms with van der Waals surface area (Å²) in [6.45, 7) is 10.8. The summed E-state index contributed by atoms with van der Waals surface area (Å²) in [5.41, 5.74) is 2.26. The van der Waals surface area contributed by atoms with Gasteiger partial charge in [-0.05, 0) is 20.8 Å². The van der Waals surface area contributed by atoms with Crippen LogP contribution in [0, 0.1) is 6.92 Å². The van der Waals surface area contributed by atoms with E-state index in [2.05, 4.69) is 28.2 Å². The van der Waals surface area contributed by atoms with Crippen molar-refractivity contribution < 1.29 is 8.42 Å². The molecule has 0 radical (unpaired) electrons. The lowest BCUT2D eigenvalue weighted by molar-refractivity contribution is 0.181. The number of hydrogen-bond acceptors (Lipinski definition) is 5. The first kappa shape index (κ1) is 18.1. The van der Waals surface area contributed by atoms with Crippen LogP contribution in [0.4, 0.5) is 0 Å². The van der Waals surface area contributed by atoms with Gasteiger partial charge < -0.3 is 0 Å². The van der Waals surface area contributed by atoms with Crippen molar-refractivity contribution in [1.29, 1.82) is 0 Å². The minimum atomic E-state index is -3.45. The fraction of sp³-hybridized carbons (Fsp3) is 0.625. The van der Waals surface area contributed by atoms with Gasteiger partial charge >= 0.3 is 0 Å². The number of piperazine rings is 1. The minimum absolute atomic E-state index is 0.280. The van der Waals surface area contributed by atoms with Gasteiger partial charge in [0.25, 0.3) is 0 Å². The molecule has 0 amide bonds. The van der Waals surface area contributed by atoms with Crippen molar-refractivity contribution in [2.45, 2.75) is 45.3 Å². The molecule has 0 spiro atoms. The molecule has 0 unspecified atom stereocenters. The van der Waals surface area contributed by atoms with Gasteiger partial charge in [0.05, 0.1) is 11.9 Å². The van der Waals surface area contributed by atoms with Crippen molar-refractivity contribution in [1.82, 2.24) is 28.8 Å². The molecule has 3 rings (SSSR count). The Labute approximate surface area is 149 Å². The van der Waals surface area contributed by atoms with Crippen molar-refractivity contribution in [3.63, 3.8) is 0 Å². The largest absolute Gasteiger partial charge is 0.296 e. The van der Waals surface area contributed by atoms with Crippen LogP contribution in [-0.2, 0) is 29.7 Å². The summed E-state index contributed by atoms with van der Waals surface area (Å²) in [6, 6.07) is 0. The molecule has 1 saturated heterocycles. The molecule has 1 aliphatic rings. The molecule has 1 aliphatic heterocycles. The minimum Gasteiger partial charge on any atom is -0.296 e. The van der Waals surface area contributed by atoms with Gasteiger partial charge in [-0.25, -0.2) is 8.42 Å². The molecule has 9 heteroatoms. The Kier molecular flexibility index (Phi) is 5.26. The highest BCUT2D eigenvalue weighted by Gasteiger charge is 2.29. The fourth-order valence-electron chi connectivity index (χ4n) is 3.05. The number of nitrogens with zero attached hydrogens (tertiary/aromatic N) is 6. The lowest BCUT2D eigenvalue weighted by atomic mass is 10.2. The SMILES string of the molecule is CCn1cc(S(=O)(=O)N2CCN(Cc3cn(CC)nc3C)CC2)cn1. The number of aromatic nitrogens is 4. The maximum atomic E-state index is 12.7. The molecule has 0 atom stereocenters. The zero-order chi connectivity index (χ0) is 18.0. The van der Waals surface area contributed by atoms with Crippen molar-refractivity contribution in [2.24, 2.45) is 0 Å². The molecular weight excluding hydrogens is 340 g/mol. The Morgan fingerprint density at radius 3 is 2.28 bits per heavy atom. The van der Waals surface area contributed by atoms with E-state index < -0.39 is 10.0 Å². The first-order chi connectivity index (χ1) is 11.9. The van der Waals surface area contributed by atoms with E-state index in [-0.39, 0.29) is 4.90 Å². The predicted molar refractivity (Wildman–Crippen MR) is 94.6 cm³/mol. The van der Waals surface area contributed by atoms with Crippen LogP contribution >= 0.6 is 0 Å². The van der Waals surface area contributed by atoms with Crippen LogP contribution in [0.3, 0.4) is 0 Å². The number of sulfonamides is 1. The van der Waals surface area contributed by atoms with Crippen molar-refractivity contribution in [3.05, 3.63) is 29.8 Å². The maximum Gasteiger partial charge on any atom is 0.246 e. The van der Waals surface area contributed by atoms with E-state index in [1.165, 1.54) is 11.8 Å². The highest BCUT2D eigenvalue weighted by atomic mass is 32.2. The molecule has 1 fully saturated rings. The van der Waals surface area contributed by atoms with Gasteiger partial charge in [0.2, 0.25) is 10.0 Å². The molecule has 0 aromatic carbocycles. The van der Waals surface area contributed by atoms with Crippen molar-refractivity contribution >= 4 is 10.0 Å². The van der Waals surface area contributed by atoms with Gasteiger partial charge in [-0.15, -0.1) is 0 Å². The summed E-state index contributed by atoms with van der Waals surface area (Å²) in [6.07, 6.45) is 5.12. The van der Waals surface area contributed by atoms with Gasteiger partial charge in [-0.1, -0.05) is 0 Å². The van der Waals surface area contributed by atoms with E-state index in [4.69, 9.17) is 0 Å². The van der Waals surface area contributed by atoms with Crippen LogP contribution in [0.1, 0.15) is 25.1 Å². The third kappa shape index (κ3) is 3.78. The summed E-state index contributed by atoms with van der Waals surface area (Å²) >= 11 is 0. The summed E-state index contributed by atoms with van der Waals surface area (Å²) in [7, 11) is -3.45. The van der Waals surface area contributed by atoms with E-state index in [9.17, 15) is 8.42 Å². The second kappa shape index (κ2) is 7.27. The summed E-state index contributed by atoms with van der Waals surface area (Å²) in [4.78, 5) is 2.56. The summed E-state index contributed by atoms with van der Waals surface area (Å²) < 4.78 is 30.6. The van der Waals surface area contributed by atoms with Gasteiger partial charge in [0, 0.05) is 63.8 Å². The first-order valence-corrected chi connectivity index (χ1v) is 10.2. The van der Waals surface area contributed by atoms with E-state index in [1.54, 1.807) is 15.2 Å². The van der Waals surface area contributed by atoms with Crippen LogP contribution in [-0.4, -0.2) is 63.4 Å². The maximum absolute atomic E-state index is 12.7. The third-order valence-corrected chi connectivity index (χ3v) is 6.52. The zero-order valence-corrected chi connectivity index (χ0v) is 15.9. The van der Waals surface area contributed by atoms with Crippen LogP contribution in [0.15, 0.2) is 23.5 Å². The van der Waals surface area contributed by atoms with Gasteiger partial charge in [-0.3, -0.25) is 14.3 Å². The second-order valence-electron chi connectivity index (χ2n) is 6.31. The Morgan fingerprint density at radius 2 is 1.72 bits per heavy atom. The lowest BCUT2D eigenvalue weighted by Crippen LogP contribution is -2.48.